The van der Waals surface area contributed by atoms with Crippen molar-refractivity contribution in [2.45, 2.75) is 68.3 Å². The van der Waals surface area contributed by atoms with Gasteiger partial charge in [0.2, 0.25) is 23.8 Å². The average Bonchev–Trinajstić information content (AvgIpc) is 3.14. The SMILES string of the molecule is CC1O[C@@H](Oc2cc(O)c3c(=O)c(O[C@@H]4OC(COC(=O)/C=C/c5ccc(O)cc5)[C@@H](O)C(O)[C@@H]4O)c(-c4ccc(O)c(O)c4)oc3c2)[C@@H](O)C(O)[C@H]1O. The molecule has 3 heterocycles. The number of carbonyl (C=O) groups excluding carboxylic acids is 1. The standard InChI is InChI=1S/C36H36O18/c1-14-26(42)29(45)31(47)35(50-14)51-18-11-21(40)25-22(12-18)52-33(16-5-8-19(38)20(39)10-16)34(28(25)44)54-36-32(48)30(46)27(43)23(53-36)13-49-24(41)9-4-15-2-6-17(37)7-3-15/h2-12,14,23,26-27,29-32,35-40,42-43,45-48H,13H2,1H3/b9-4+/t14?,23?,26-,27+,29?,30?,31-,32-,35-,36-/m0/s1. The second-order valence-corrected chi connectivity index (χ2v) is 12.6. The van der Waals surface area contributed by atoms with E-state index in [-0.39, 0.29) is 22.6 Å². The first kappa shape index (κ1) is 38.3. The molecule has 288 valence electrons. The molecule has 10 atom stereocenters. The lowest BCUT2D eigenvalue weighted by atomic mass is 9.99. The van der Waals surface area contributed by atoms with Gasteiger partial charge in [-0.3, -0.25) is 4.79 Å². The summed E-state index contributed by atoms with van der Waals surface area (Å²) < 4.78 is 33.6. The van der Waals surface area contributed by atoms with Gasteiger partial charge in [0.25, 0.3) is 0 Å². The number of fused-ring (bicyclic) bond motifs is 1. The molecule has 18 nitrogen and oxygen atoms in total. The van der Waals surface area contributed by atoms with Crippen molar-refractivity contribution in [3.8, 4) is 45.8 Å². The molecular formula is C36H36O18. The first-order valence-electron chi connectivity index (χ1n) is 16.4. The highest BCUT2D eigenvalue weighted by molar-refractivity contribution is 5.89. The Hall–Kier alpha value is -5.44. The van der Waals surface area contributed by atoms with E-state index in [1.54, 1.807) is 0 Å². The Labute approximate surface area is 304 Å². The lowest BCUT2D eigenvalue weighted by Crippen LogP contribution is -2.60. The summed E-state index contributed by atoms with van der Waals surface area (Å²) in [6, 6.07) is 11.2. The number of aliphatic hydroxyl groups is 6. The van der Waals surface area contributed by atoms with Crippen LogP contribution in [0.25, 0.3) is 28.4 Å². The minimum absolute atomic E-state index is 0.0210. The van der Waals surface area contributed by atoms with E-state index < -0.39 is 114 Å². The van der Waals surface area contributed by atoms with E-state index in [0.717, 1.165) is 30.3 Å². The smallest absolute Gasteiger partial charge is 0.330 e. The lowest BCUT2D eigenvalue weighted by molar-refractivity contribution is -0.278. The van der Waals surface area contributed by atoms with Gasteiger partial charge in [-0.2, -0.15) is 0 Å². The molecule has 10 N–H and O–H groups in total. The first-order chi connectivity index (χ1) is 25.6. The normalized spacial score (nSPS) is 28.6. The fourth-order valence-corrected chi connectivity index (χ4v) is 5.76. The predicted octanol–water partition coefficient (Wildman–Crippen LogP) is -0.0683. The molecule has 2 aliphatic heterocycles. The summed E-state index contributed by atoms with van der Waals surface area (Å²) in [6.07, 6.45) is -14.1. The van der Waals surface area contributed by atoms with Gasteiger partial charge in [0.05, 0.1) is 6.10 Å². The zero-order valence-electron chi connectivity index (χ0n) is 28.1. The van der Waals surface area contributed by atoms with Gasteiger partial charge < -0.3 is 79.2 Å². The van der Waals surface area contributed by atoms with E-state index in [2.05, 4.69) is 0 Å². The van der Waals surface area contributed by atoms with Crippen molar-refractivity contribution in [1.29, 1.82) is 0 Å². The topological polar surface area (TPSA) is 296 Å². The fraction of sp³-hybridized carbons (Fsp3) is 0.333. The Morgan fingerprint density at radius 2 is 1.41 bits per heavy atom. The van der Waals surface area contributed by atoms with Gasteiger partial charge in [-0.25, -0.2) is 4.79 Å². The van der Waals surface area contributed by atoms with Crippen molar-refractivity contribution in [3.05, 3.63) is 76.5 Å². The summed E-state index contributed by atoms with van der Waals surface area (Å²) >= 11 is 0. The summed E-state index contributed by atoms with van der Waals surface area (Å²) in [7, 11) is 0. The molecule has 0 aliphatic carbocycles. The molecule has 4 aromatic rings. The number of carbonyl (C=O) groups is 1. The number of benzene rings is 3. The van der Waals surface area contributed by atoms with Crippen molar-refractivity contribution in [2.75, 3.05) is 6.61 Å². The number of hydrogen-bond donors (Lipinski definition) is 10. The Kier molecular flexibility index (Phi) is 11.0. The third kappa shape index (κ3) is 7.77. The van der Waals surface area contributed by atoms with Gasteiger partial charge in [0.15, 0.2) is 17.3 Å². The van der Waals surface area contributed by atoms with Gasteiger partial charge in [-0.15, -0.1) is 0 Å². The van der Waals surface area contributed by atoms with E-state index >= 15 is 0 Å². The van der Waals surface area contributed by atoms with Crippen LogP contribution in [-0.2, 0) is 19.0 Å². The predicted molar refractivity (Wildman–Crippen MR) is 181 cm³/mol. The minimum atomic E-state index is -2.01. The van der Waals surface area contributed by atoms with Crippen LogP contribution >= 0.6 is 0 Å². The molecule has 2 saturated heterocycles. The molecule has 0 bridgehead atoms. The largest absolute Gasteiger partial charge is 0.508 e. The maximum atomic E-state index is 14.0. The molecule has 2 fully saturated rings. The van der Waals surface area contributed by atoms with Crippen LogP contribution in [0.15, 0.2) is 69.9 Å². The van der Waals surface area contributed by atoms with Crippen molar-refractivity contribution >= 4 is 23.0 Å². The molecule has 0 saturated carbocycles. The molecule has 0 radical (unpaired) electrons. The Morgan fingerprint density at radius 3 is 2.09 bits per heavy atom. The summed E-state index contributed by atoms with van der Waals surface area (Å²) in [5.74, 6) is -4.22. The lowest BCUT2D eigenvalue weighted by Gasteiger charge is -2.39. The van der Waals surface area contributed by atoms with Crippen LogP contribution in [0.2, 0.25) is 0 Å². The van der Waals surface area contributed by atoms with Gasteiger partial charge in [-0.1, -0.05) is 12.1 Å². The molecular weight excluding hydrogens is 720 g/mol. The van der Waals surface area contributed by atoms with Crippen LogP contribution in [0.5, 0.6) is 34.5 Å². The molecule has 0 spiro atoms. The molecule has 4 unspecified atom stereocenters. The summed E-state index contributed by atoms with van der Waals surface area (Å²) in [6.45, 7) is 0.764. The molecule has 54 heavy (non-hydrogen) atoms. The van der Waals surface area contributed by atoms with E-state index in [4.69, 9.17) is 28.1 Å². The number of rotatable bonds is 9. The van der Waals surface area contributed by atoms with Gasteiger partial charge in [0, 0.05) is 23.8 Å². The second kappa shape index (κ2) is 15.5. The maximum Gasteiger partial charge on any atom is 0.330 e. The number of aromatic hydroxyl groups is 4. The fourth-order valence-electron chi connectivity index (χ4n) is 5.76. The number of hydrogen-bond acceptors (Lipinski definition) is 18. The average molecular weight is 757 g/mol. The van der Waals surface area contributed by atoms with Crippen LogP contribution in [-0.4, -0.2) is 125 Å². The van der Waals surface area contributed by atoms with Crippen LogP contribution in [0.4, 0.5) is 0 Å². The van der Waals surface area contributed by atoms with Crippen molar-refractivity contribution in [2.24, 2.45) is 0 Å². The molecule has 6 rings (SSSR count). The Morgan fingerprint density at radius 1 is 0.741 bits per heavy atom. The zero-order chi connectivity index (χ0) is 39.0. The van der Waals surface area contributed by atoms with Crippen molar-refractivity contribution in [1.82, 2.24) is 0 Å². The highest BCUT2D eigenvalue weighted by Gasteiger charge is 2.46. The van der Waals surface area contributed by atoms with Crippen LogP contribution < -0.4 is 14.9 Å². The van der Waals surface area contributed by atoms with E-state index in [1.807, 2.05) is 0 Å². The number of esters is 1. The van der Waals surface area contributed by atoms with E-state index in [1.165, 1.54) is 43.3 Å². The Bertz CT molecular complexity index is 2080. The van der Waals surface area contributed by atoms with Crippen LogP contribution in [0, 0.1) is 0 Å². The molecule has 2 aliphatic rings. The number of ether oxygens (including phenoxy) is 5. The Balaban J connectivity index is 1.31. The number of aliphatic hydroxyl groups excluding tert-OH is 6. The number of phenolic OH excluding ortho intramolecular Hbond substituents is 4. The number of phenols is 4. The zero-order valence-corrected chi connectivity index (χ0v) is 28.1. The van der Waals surface area contributed by atoms with E-state index in [9.17, 15) is 60.7 Å². The van der Waals surface area contributed by atoms with Gasteiger partial charge in [0.1, 0.15) is 77.6 Å². The highest BCUT2D eigenvalue weighted by atomic mass is 16.7. The van der Waals surface area contributed by atoms with Crippen LogP contribution in [0.1, 0.15) is 12.5 Å². The molecule has 3 aromatic carbocycles. The monoisotopic (exact) mass is 756 g/mol. The third-order valence-corrected chi connectivity index (χ3v) is 8.80. The quantitative estimate of drug-likeness (QED) is 0.0607. The first-order valence-corrected chi connectivity index (χ1v) is 16.4. The summed E-state index contributed by atoms with van der Waals surface area (Å²) in [5, 5.41) is 103. The maximum absolute atomic E-state index is 14.0. The van der Waals surface area contributed by atoms with Crippen molar-refractivity contribution < 1.29 is 84.0 Å². The molecule has 1 aromatic heterocycles. The van der Waals surface area contributed by atoms with Crippen molar-refractivity contribution in [3.63, 3.8) is 0 Å². The summed E-state index contributed by atoms with van der Waals surface area (Å²) in [4.78, 5) is 26.4. The second-order valence-electron chi connectivity index (χ2n) is 12.6. The molecule has 0 amide bonds. The third-order valence-electron chi connectivity index (χ3n) is 8.80. The summed E-state index contributed by atoms with van der Waals surface area (Å²) in [5.41, 5.74) is -0.962. The van der Waals surface area contributed by atoms with Gasteiger partial charge in [-0.05, 0) is 48.9 Å². The highest BCUT2D eigenvalue weighted by Crippen LogP contribution is 2.40. The minimum Gasteiger partial charge on any atom is -0.508 e. The molecule has 18 heteroatoms. The van der Waals surface area contributed by atoms with Crippen LogP contribution in [0.3, 0.4) is 0 Å². The van der Waals surface area contributed by atoms with Gasteiger partial charge >= 0.3 is 5.97 Å². The van der Waals surface area contributed by atoms with E-state index in [0.29, 0.717) is 5.56 Å².